The summed E-state index contributed by atoms with van der Waals surface area (Å²) in [4.78, 5) is 18.5. The summed E-state index contributed by atoms with van der Waals surface area (Å²) < 4.78 is 4.87. The van der Waals surface area contributed by atoms with Gasteiger partial charge in [0, 0.05) is 32.4 Å². The average molecular weight is 409 g/mol. The van der Waals surface area contributed by atoms with Crippen molar-refractivity contribution in [1.82, 2.24) is 25.3 Å². The average Bonchev–Trinajstić information content (AvgIpc) is 3.09. The van der Waals surface area contributed by atoms with E-state index >= 15 is 0 Å². The van der Waals surface area contributed by atoms with Crippen LogP contribution in [-0.2, 0) is 0 Å². The summed E-state index contributed by atoms with van der Waals surface area (Å²) in [6, 6.07) is 5.69. The SMILES string of the molecule is OC(c1ccccn1)C1CCN(c2nc3nonc3nc2N2CCCCCC2)CC1. The highest BCUT2D eigenvalue weighted by molar-refractivity contribution is 5.74. The van der Waals surface area contributed by atoms with Crippen molar-refractivity contribution in [2.75, 3.05) is 36.0 Å². The van der Waals surface area contributed by atoms with E-state index in [1.807, 2.05) is 18.2 Å². The molecule has 1 atom stereocenters. The maximum absolute atomic E-state index is 10.8. The Balaban J connectivity index is 1.37. The molecule has 2 aliphatic heterocycles. The minimum atomic E-state index is -0.535. The molecule has 5 rings (SSSR count). The van der Waals surface area contributed by atoms with Gasteiger partial charge in [-0.3, -0.25) is 4.98 Å². The van der Waals surface area contributed by atoms with E-state index in [4.69, 9.17) is 14.6 Å². The van der Waals surface area contributed by atoms with Crippen molar-refractivity contribution in [3.63, 3.8) is 0 Å². The molecule has 3 aromatic rings. The largest absolute Gasteiger partial charge is 0.387 e. The molecule has 1 unspecified atom stereocenters. The first kappa shape index (κ1) is 19.2. The zero-order valence-corrected chi connectivity index (χ0v) is 17.0. The summed E-state index contributed by atoms with van der Waals surface area (Å²) in [6.07, 6.45) is 7.77. The number of aliphatic hydroxyl groups excluding tert-OH is 1. The molecule has 5 heterocycles. The van der Waals surface area contributed by atoms with E-state index in [1.165, 1.54) is 12.8 Å². The van der Waals surface area contributed by atoms with Gasteiger partial charge in [-0.15, -0.1) is 0 Å². The van der Waals surface area contributed by atoms with Gasteiger partial charge in [0.2, 0.25) is 11.3 Å². The molecule has 158 valence electrons. The molecule has 2 aliphatic rings. The molecule has 2 fully saturated rings. The fourth-order valence-electron chi connectivity index (χ4n) is 4.55. The molecule has 0 saturated carbocycles. The summed E-state index contributed by atoms with van der Waals surface area (Å²) in [5, 5.41) is 18.6. The van der Waals surface area contributed by atoms with Gasteiger partial charge in [0.05, 0.1) is 11.8 Å². The van der Waals surface area contributed by atoms with Crippen LogP contribution in [-0.4, -0.2) is 56.6 Å². The highest BCUT2D eigenvalue weighted by Crippen LogP contribution is 2.35. The first-order valence-electron chi connectivity index (χ1n) is 10.9. The predicted octanol–water partition coefficient (Wildman–Crippen LogP) is 2.74. The minimum absolute atomic E-state index is 0.184. The molecule has 1 N–H and O–H groups in total. The van der Waals surface area contributed by atoms with Gasteiger partial charge in [-0.05, 0) is 54.0 Å². The lowest BCUT2D eigenvalue weighted by Gasteiger charge is -2.36. The lowest BCUT2D eigenvalue weighted by molar-refractivity contribution is 0.0890. The van der Waals surface area contributed by atoms with Gasteiger partial charge in [-0.25, -0.2) is 14.6 Å². The van der Waals surface area contributed by atoms with Crippen LogP contribution in [0.5, 0.6) is 0 Å². The fraction of sp³-hybridized carbons (Fsp3) is 0.571. The van der Waals surface area contributed by atoms with E-state index in [2.05, 4.69) is 25.1 Å². The van der Waals surface area contributed by atoms with E-state index < -0.39 is 6.10 Å². The normalized spacial score (nSPS) is 19.8. The fourth-order valence-corrected chi connectivity index (χ4v) is 4.55. The van der Waals surface area contributed by atoms with Crippen LogP contribution >= 0.6 is 0 Å². The van der Waals surface area contributed by atoms with E-state index in [0.29, 0.717) is 11.3 Å². The molecule has 0 aromatic carbocycles. The van der Waals surface area contributed by atoms with Gasteiger partial charge >= 0.3 is 0 Å². The molecule has 2 saturated heterocycles. The molecule has 30 heavy (non-hydrogen) atoms. The number of hydrogen-bond donors (Lipinski definition) is 1. The molecule has 0 aliphatic carbocycles. The summed E-state index contributed by atoms with van der Waals surface area (Å²) in [5.41, 5.74) is 1.65. The minimum Gasteiger partial charge on any atom is -0.387 e. The summed E-state index contributed by atoms with van der Waals surface area (Å²) in [5.74, 6) is 1.91. The highest BCUT2D eigenvalue weighted by Gasteiger charge is 2.30. The zero-order valence-electron chi connectivity index (χ0n) is 17.0. The third-order valence-corrected chi connectivity index (χ3v) is 6.26. The van der Waals surface area contributed by atoms with Crippen LogP contribution in [0.4, 0.5) is 11.6 Å². The first-order valence-corrected chi connectivity index (χ1v) is 10.9. The van der Waals surface area contributed by atoms with Gasteiger partial charge in [0.1, 0.15) is 0 Å². The number of nitrogens with zero attached hydrogens (tertiary/aromatic N) is 7. The Labute approximate surface area is 175 Å². The van der Waals surface area contributed by atoms with Crippen LogP contribution in [0.2, 0.25) is 0 Å². The van der Waals surface area contributed by atoms with Crippen molar-refractivity contribution in [3.05, 3.63) is 30.1 Å². The molecule has 9 heteroatoms. The molecule has 0 radical (unpaired) electrons. The lowest BCUT2D eigenvalue weighted by Crippen LogP contribution is -2.38. The van der Waals surface area contributed by atoms with Crippen molar-refractivity contribution >= 4 is 22.9 Å². The number of piperidine rings is 1. The Kier molecular flexibility index (Phi) is 5.44. The third-order valence-electron chi connectivity index (χ3n) is 6.26. The molecule has 9 nitrogen and oxygen atoms in total. The summed E-state index contributed by atoms with van der Waals surface area (Å²) in [7, 11) is 0. The lowest BCUT2D eigenvalue weighted by atomic mass is 9.89. The van der Waals surface area contributed by atoms with Gasteiger partial charge in [-0.2, -0.15) is 0 Å². The van der Waals surface area contributed by atoms with Crippen molar-refractivity contribution in [1.29, 1.82) is 0 Å². The standard InChI is InChI=1S/C21H27N7O2/c29-17(16-7-3-4-10-22-16)15-8-13-28(14-9-15)21-20(27-11-5-1-2-6-12-27)23-18-19(24-21)26-30-25-18/h3-4,7,10,15,17,29H,1-2,5-6,8-9,11-14H2. The topological polar surface area (TPSA) is 104 Å². The van der Waals surface area contributed by atoms with Crippen molar-refractivity contribution in [2.45, 2.75) is 44.6 Å². The van der Waals surface area contributed by atoms with Crippen LogP contribution in [0.25, 0.3) is 11.3 Å². The number of rotatable bonds is 4. The molecule has 0 bridgehead atoms. The van der Waals surface area contributed by atoms with Gasteiger partial charge in [0.25, 0.3) is 0 Å². The molecule has 3 aromatic heterocycles. The van der Waals surface area contributed by atoms with Gasteiger partial charge < -0.3 is 14.9 Å². The first-order chi connectivity index (χ1) is 14.8. The number of fused-ring (bicyclic) bond motifs is 1. The van der Waals surface area contributed by atoms with Crippen LogP contribution in [0.3, 0.4) is 0 Å². The Morgan fingerprint density at radius 2 is 1.50 bits per heavy atom. The second kappa shape index (κ2) is 8.51. The Bertz CT molecular complexity index is 964. The Morgan fingerprint density at radius 3 is 2.10 bits per heavy atom. The van der Waals surface area contributed by atoms with Gasteiger partial charge in [0.15, 0.2) is 11.6 Å². The van der Waals surface area contributed by atoms with E-state index in [-0.39, 0.29) is 5.92 Å². The van der Waals surface area contributed by atoms with Crippen molar-refractivity contribution in [3.8, 4) is 0 Å². The van der Waals surface area contributed by atoms with E-state index in [1.54, 1.807) is 6.20 Å². The zero-order chi connectivity index (χ0) is 20.3. The second-order valence-electron chi connectivity index (χ2n) is 8.21. The number of aliphatic hydroxyl groups is 1. The number of anilines is 2. The summed E-state index contributed by atoms with van der Waals surface area (Å²) >= 11 is 0. The van der Waals surface area contributed by atoms with Crippen LogP contribution in [0.1, 0.15) is 50.3 Å². The van der Waals surface area contributed by atoms with Crippen LogP contribution in [0.15, 0.2) is 29.0 Å². The molecular formula is C21H27N7O2. The van der Waals surface area contributed by atoms with Crippen LogP contribution in [0, 0.1) is 5.92 Å². The quantitative estimate of drug-likeness (QED) is 0.696. The smallest absolute Gasteiger partial charge is 0.245 e. The predicted molar refractivity (Wildman–Crippen MR) is 112 cm³/mol. The van der Waals surface area contributed by atoms with Crippen LogP contribution < -0.4 is 9.80 Å². The molecule has 0 spiro atoms. The second-order valence-corrected chi connectivity index (χ2v) is 8.21. The van der Waals surface area contributed by atoms with E-state index in [0.717, 1.165) is 69.2 Å². The maximum atomic E-state index is 10.8. The number of hydrogen-bond acceptors (Lipinski definition) is 9. The summed E-state index contributed by atoms with van der Waals surface area (Å²) in [6.45, 7) is 3.57. The maximum Gasteiger partial charge on any atom is 0.245 e. The Morgan fingerprint density at radius 1 is 0.867 bits per heavy atom. The Hall–Kier alpha value is -2.81. The molecule has 0 amide bonds. The molecular weight excluding hydrogens is 382 g/mol. The monoisotopic (exact) mass is 409 g/mol. The van der Waals surface area contributed by atoms with Gasteiger partial charge in [-0.1, -0.05) is 18.9 Å². The van der Waals surface area contributed by atoms with Crippen molar-refractivity contribution < 1.29 is 9.74 Å². The highest BCUT2D eigenvalue weighted by atomic mass is 16.6. The third kappa shape index (κ3) is 3.81. The number of pyridine rings is 1. The van der Waals surface area contributed by atoms with Crippen molar-refractivity contribution in [2.24, 2.45) is 5.92 Å². The number of aromatic nitrogens is 5. The van der Waals surface area contributed by atoms with E-state index in [9.17, 15) is 5.11 Å².